The highest BCUT2D eigenvalue weighted by Crippen LogP contribution is 2.22. The maximum absolute atomic E-state index is 7.81. The number of nitrogens with zero attached hydrogens (tertiary/aromatic N) is 1. The Kier molecular flexibility index (Phi) is 5.98. The fourth-order valence-electron chi connectivity index (χ4n) is 0.534. The summed E-state index contributed by atoms with van der Waals surface area (Å²) >= 11 is 13.4. The number of hydrogen-bond donors (Lipinski definition) is 1. The molecule has 1 rings (SSSR count). The van der Waals surface area contributed by atoms with Crippen molar-refractivity contribution in [2.45, 2.75) is 10.6 Å². The maximum atomic E-state index is 7.81. The van der Waals surface area contributed by atoms with Gasteiger partial charge in [0.1, 0.15) is 6.07 Å². The molecule has 0 unspecified atom stereocenters. The van der Waals surface area contributed by atoms with Crippen LogP contribution in [0.3, 0.4) is 0 Å². The van der Waals surface area contributed by atoms with Crippen LogP contribution in [0, 0.1) is 18.3 Å². The van der Waals surface area contributed by atoms with Crippen molar-refractivity contribution in [1.82, 2.24) is 0 Å². The van der Waals surface area contributed by atoms with Crippen molar-refractivity contribution in [1.29, 1.82) is 5.26 Å². The molecule has 0 radical (unpaired) electrons. The van der Waals surface area contributed by atoms with Gasteiger partial charge in [-0.1, -0.05) is 59.1 Å². The van der Waals surface area contributed by atoms with Crippen molar-refractivity contribution in [2.24, 2.45) is 0 Å². The molecular formula is C9H9Cl2NS. The lowest BCUT2D eigenvalue weighted by Gasteiger charge is -1.93. The van der Waals surface area contributed by atoms with E-state index in [-0.39, 0.29) is 0 Å². The quantitative estimate of drug-likeness (QED) is 0.538. The first-order chi connectivity index (χ1) is 5.95. The standard InChI is InChI=1S/C7H8.C2HCl2NS/c1-7-5-3-2-4-6-7;3-2(4,6)1-5/h2-6H,1H3;6H. The van der Waals surface area contributed by atoms with E-state index in [1.165, 1.54) is 11.6 Å². The normalized spacial score (nSPS) is 9.46. The van der Waals surface area contributed by atoms with E-state index < -0.39 is 3.67 Å². The molecule has 0 aliphatic heterocycles. The molecule has 0 amide bonds. The Morgan fingerprint density at radius 1 is 1.31 bits per heavy atom. The van der Waals surface area contributed by atoms with Gasteiger partial charge in [-0.25, -0.2) is 0 Å². The zero-order valence-electron chi connectivity index (χ0n) is 7.04. The highest BCUT2D eigenvalue weighted by atomic mass is 35.5. The lowest BCUT2D eigenvalue weighted by Crippen LogP contribution is -1.93. The predicted molar refractivity (Wildman–Crippen MR) is 60.2 cm³/mol. The third kappa shape index (κ3) is 9.55. The summed E-state index contributed by atoms with van der Waals surface area (Å²) in [6.07, 6.45) is 0. The summed E-state index contributed by atoms with van der Waals surface area (Å²) in [7, 11) is 0. The molecule has 0 bridgehead atoms. The summed E-state index contributed by atoms with van der Waals surface area (Å²) in [4.78, 5) is 0. The average Bonchev–Trinajstić information content (AvgIpc) is 2.06. The first kappa shape index (κ1) is 12.6. The predicted octanol–water partition coefficient (Wildman–Crippen LogP) is 3.57. The fraction of sp³-hybridized carbons (Fsp3) is 0.222. The van der Waals surface area contributed by atoms with Gasteiger partial charge >= 0.3 is 0 Å². The number of benzene rings is 1. The van der Waals surface area contributed by atoms with Crippen LogP contribution in [0.25, 0.3) is 0 Å². The molecule has 0 aliphatic carbocycles. The summed E-state index contributed by atoms with van der Waals surface area (Å²) in [5, 5.41) is 7.81. The smallest absolute Gasteiger partial charge is 0.194 e. The number of aryl methyl sites for hydroxylation is 1. The maximum Gasteiger partial charge on any atom is 0.246 e. The van der Waals surface area contributed by atoms with Crippen molar-refractivity contribution >= 4 is 35.8 Å². The Bertz CT molecular complexity index is 274. The minimum atomic E-state index is -1.51. The third-order valence-electron chi connectivity index (χ3n) is 1.07. The monoisotopic (exact) mass is 233 g/mol. The Labute approximate surface area is 93.7 Å². The largest absolute Gasteiger partial charge is 0.246 e. The number of halogens is 2. The summed E-state index contributed by atoms with van der Waals surface area (Å²) in [5.74, 6) is 0. The Morgan fingerprint density at radius 3 is 1.85 bits per heavy atom. The number of thiol groups is 1. The zero-order chi connectivity index (χ0) is 10.3. The van der Waals surface area contributed by atoms with Gasteiger partial charge in [-0.05, 0) is 6.92 Å². The fourth-order valence-corrected chi connectivity index (χ4v) is 0.534. The molecule has 0 heterocycles. The number of rotatable bonds is 0. The Balaban J connectivity index is 0.000000226. The van der Waals surface area contributed by atoms with Crippen molar-refractivity contribution in [3.8, 4) is 6.07 Å². The van der Waals surface area contributed by atoms with E-state index in [2.05, 4.69) is 31.7 Å². The first-order valence-electron chi connectivity index (χ1n) is 3.49. The van der Waals surface area contributed by atoms with Gasteiger partial charge in [-0.15, -0.1) is 12.6 Å². The van der Waals surface area contributed by atoms with Crippen LogP contribution in [-0.4, -0.2) is 3.67 Å². The number of hydrogen-bond acceptors (Lipinski definition) is 2. The van der Waals surface area contributed by atoms with Gasteiger partial charge in [-0.3, -0.25) is 0 Å². The molecule has 0 spiro atoms. The summed E-state index contributed by atoms with van der Waals surface area (Å²) < 4.78 is -1.51. The molecule has 70 valence electrons. The second-order valence-electron chi connectivity index (χ2n) is 2.31. The highest BCUT2D eigenvalue weighted by molar-refractivity contribution is 7.85. The molecule has 1 nitrogen and oxygen atoms in total. The zero-order valence-corrected chi connectivity index (χ0v) is 9.44. The van der Waals surface area contributed by atoms with E-state index in [1.54, 1.807) is 0 Å². The van der Waals surface area contributed by atoms with Crippen LogP contribution in [0.1, 0.15) is 5.56 Å². The second kappa shape index (κ2) is 6.15. The van der Waals surface area contributed by atoms with Gasteiger partial charge in [0.25, 0.3) is 0 Å². The third-order valence-corrected chi connectivity index (χ3v) is 1.34. The van der Waals surface area contributed by atoms with Gasteiger partial charge in [0, 0.05) is 0 Å². The lowest BCUT2D eigenvalue weighted by molar-refractivity contribution is 1.41. The van der Waals surface area contributed by atoms with Crippen LogP contribution in [0.15, 0.2) is 30.3 Å². The number of alkyl halides is 2. The van der Waals surface area contributed by atoms with Crippen LogP contribution in [0.2, 0.25) is 0 Å². The number of nitriles is 1. The van der Waals surface area contributed by atoms with Gasteiger partial charge in [-0.2, -0.15) is 5.26 Å². The average molecular weight is 234 g/mol. The van der Waals surface area contributed by atoms with E-state index in [4.69, 9.17) is 28.5 Å². The van der Waals surface area contributed by atoms with Gasteiger partial charge in [0.2, 0.25) is 3.67 Å². The van der Waals surface area contributed by atoms with Crippen molar-refractivity contribution in [3.63, 3.8) is 0 Å². The minimum Gasteiger partial charge on any atom is -0.194 e. The molecule has 1 aromatic rings. The van der Waals surface area contributed by atoms with Crippen LogP contribution in [0.4, 0.5) is 0 Å². The van der Waals surface area contributed by atoms with Gasteiger partial charge in [0.15, 0.2) is 0 Å². The van der Waals surface area contributed by atoms with Crippen LogP contribution < -0.4 is 0 Å². The SMILES string of the molecule is Cc1ccccc1.N#CC(S)(Cl)Cl. The van der Waals surface area contributed by atoms with E-state index in [1.807, 2.05) is 18.2 Å². The van der Waals surface area contributed by atoms with E-state index in [0.717, 1.165) is 0 Å². The van der Waals surface area contributed by atoms with Crippen LogP contribution in [0.5, 0.6) is 0 Å². The van der Waals surface area contributed by atoms with Crippen molar-refractivity contribution < 1.29 is 0 Å². The Morgan fingerprint density at radius 2 is 1.69 bits per heavy atom. The molecule has 4 heteroatoms. The molecule has 0 saturated heterocycles. The second-order valence-corrected chi connectivity index (χ2v) is 4.83. The summed E-state index contributed by atoms with van der Waals surface area (Å²) in [5.41, 5.74) is 1.32. The topological polar surface area (TPSA) is 23.8 Å². The van der Waals surface area contributed by atoms with Crippen molar-refractivity contribution in [3.05, 3.63) is 35.9 Å². The molecule has 0 aliphatic rings. The molecule has 0 saturated carbocycles. The van der Waals surface area contributed by atoms with E-state index >= 15 is 0 Å². The van der Waals surface area contributed by atoms with Gasteiger partial charge < -0.3 is 0 Å². The lowest BCUT2D eigenvalue weighted by atomic mass is 10.2. The summed E-state index contributed by atoms with van der Waals surface area (Å²) in [6.45, 7) is 2.08. The van der Waals surface area contributed by atoms with Crippen LogP contribution in [-0.2, 0) is 0 Å². The van der Waals surface area contributed by atoms with E-state index in [9.17, 15) is 0 Å². The molecule has 13 heavy (non-hydrogen) atoms. The van der Waals surface area contributed by atoms with Gasteiger partial charge in [0.05, 0.1) is 0 Å². The summed E-state index contributed by atoms with van der Waals surface area (Å²) in [6, 6.07) is 11.8. The molecule has 1 aromatic carbocycles. The molecule has 0 aromatic heterocycles. The molecule has 0 N–H and O–H groups in total. The van der Waals surface area contributed by atoms with Crippen LogP contribution >= 0.6 is 35.8 Å². The van der Waals surface area contributed by atoms with E-state index in [0.29, 0.717) is 0 Å². The molecule has 0 fully saturated rings. The molecular weight excluding hydrogens is 225 g/mol. The van der Waals surface area contributed by atoms with Crippen molar-refractivity contribution in [2.75, 3.05) is 0 Å². The minimum absolute atomic E-state index is 1.32. The highest BCUT2D eigenvalue weighted by Gasteiger charge is 2.13. The molecule has 0 atom stereocenters. The first-order valence-corrected chi connectivity index (χ1v) is 4.69. The Hall–Kier alpha value is -0.360.